The van der Waals surface area contributed by atoms with Crippen molar-refractivity contribution in [3.63, 3.8) is 0 Å². The van der Waals surface area contributed by atoms with Gasteiger partial charge in [0, 0.05) is 0 Å². The third kappa shape index (κ3) is 2.46. The van der Waals surface area contributed by atoms with E-state index in [1.54, 1.807) is 22.3 Å². The van der Waals surface area contributed by atoms with Crippen molar-refractivity contribution in [2.24, 2.45) is 0 Å². The molecule has 2 aromatic rings. The maximum absolute atomic E-state index is 2.45. The van der Waals surface area contributed by atoms with Gasteiger partial charge >= 0.3 is 149 Å². The molecule has 0 spiro atoms. The average molecular weight is 454 g/mol. The van der Waals surface area contributed by atoms with Crippen LogP contribution in [-0.2, 0) is 46.8 Å². The molecule has 0 amide bonds. The summed E-state index contributed by atoms with van der Waals surface area (Å²) in [7, 11) is 0. The van der Waals surface area contributed by atoms with Crippen molar-refractivity contribution in [1.29, 1.82) is 0 Å². The predicted molar refractivity (Wildman–Crippen MR) is 87.9 cm³/mol. The Morgan fingerprint density at radius 1 is 1.00 bits per heavy atom. The SMILES string of the molecule is CC(C[C]1([Hf])CCc2ccc3c(c21)CCC3)c1ccccc1. The molecule has 0 saturated carbocycles. The van der Waals surface area contributed by atoms with E-state index in [1.807, 2.05) is 0 Å². The van der Waals surface area contributed by atoms with E-state index >= 15 is 0 Å². The quantitative estimate of drug-likeness (QED) is 0.570. The number of aryl methyl sites for hydroxylation is 2. The van der Waals surface area contributed by atoms with Crippen molar-refractivity contribution in [2.45, 2.75) is 54.5 Å². The summed E-state index contributed by atoms with van der Waals surface area (Å²) in [6, 6.07) is 16.0. The van der Waals surface area contributed by atoms with Crippen molar-refractivity contribution in [3.05, 3.63) is 70.3 Å². The first-order chi connectivity index (χ1) is 10.7. The van der Waals surface area contributed by atoms with E-state index in [4.69, 9.17) is 0 Å². The summed E-state index contributed by atoms with van der Waals surface area (Å²) in [5.74, 6) is 0.668. The van der Waals surface area contributed by atoms with Crippen molar-refractivity contribution >= 4 is 0 Å². The summed E-state index contributed by atoms with van der Waals surface area (Å²) < 4.78 is 0.514. The van der Waals surface area contributed by atoms with Gasteiger partial charge in [0.15, 0.2) is 0 Å². The Hall–Kier alpha value is -0.690. The van der Waals surface area contributed by atoms with Gasteiger partial charge < -0.3 is 0 Å². The Balaban J connectivity index is 1.68. The summed E-state index contributed by atoms with van der Waals surface area (Å²) >= 11 is 1.29. The van der Waals surface area contributed by atoms with E-state index in [2.05, 4.69) is 49.4 Å². The van der Waals surface area contributed by atoms with Crippen LogP contribution in [0.5, 0.6) is 0 Å². The topological polar surface area (TPSA) is 0 Å². The van der Waals surface area contributed by atoms with Gasteiger partial charge in [-0.25, -0.2) is 0 Å². The van der Waals surface area contributed by atoms with Crippen LogP contribution in [0.4, 0.5) is 0 Å². The van der Waals surface area contributed by atoms with Gasteiger partial charge in [0.05, 0.1) is 0 Å². The summed E-state index contributed by atoms with van der Waals surface area (Å²) in [6.45, 7) is 2.43. The van der Waals surface area contributed by atoms with Crippen LogP contribution in [0.15, 0.2) is 42.5 Å². The molecule has 1 heteroatoms. The monoisotopic (exact) mass is 455 g/mol. The minimum atomic E-state index is 0.514. The molecule has 2 aliphatic carbocycles. The van der Waals surface area contributed by atoms with E-state index in [1.165, 1.54) is 68.5 Å². The van der Waals surface area contributed by atoms with Crippen LogP contribution in [0.1, 0.15) is 59.9 Å². The van der Waals surface area contributed by atoms with Crippen LogP contribution in [0.25, 0.3) is 0 Å². The molecule has 111 valence electrons. The van der Waals surface area contributed by atoms with Crippen molar-refractivity contribution in [3.8, 4) is 0 Å². The maximum atomic E-state index is 2.45. The minimum absolute atomic E-state index is 0.514. The van der Waals surface area contributed by atoms with Gasteiger partial charge in [-0.1, -0.05) is 0 Å². The molecular weight excluding hydrogens is 431 g/mol. The number of hydrogen-bond donors (Lipinski definition) is 0. The second kappa shape index (κ2) is 5.74. The zero-order chi connectivity index (χ0) is 15.2. The number of rotatable bonds is 3. The van der Waals surface area contributed by atoms with Crippen LogP contribution in [0.3, 0.4) is 0 Å². The number of benzene rings is 2. The summed E-state index contributed by atoms with van der Waals surface area (Å²) in [4.78, 5) is 0. The van der Waals surface area contributed by atoms with Crippen molar-refractivity contribution in [1.82, 2.24) is 0 Å². The summed E-state index contributed by atoms with van der Waals surface area (Å²) in [5.41, 5.74) is 8.41. The molecule has 2 unspecified atom stereocenters. The normalized spacial score (nSPS) is 24.0. The van der Waals surface area contributed by atoms with E-state index in [0.717, 1.165) is 0 Å². The Morgan fingerprint density at radius 3 is 2.59 bits per heavy atom. The second-order valence-electron chi connectivity index (χ2n) is 7.19. The van der Waals surface area contributed by atoms with Crippen molar-refractivity contribution < 1.29 is 24.4 Å². The van der Waals surface area contributed by atoms with Crippen LogP contribution in [-0.4, -0.2) is 0 Å². The van der Waals surface area contributed by atoms with Gasteiger partial charge in [0.25, 0.3) is 0 Å². The summed E-state index contributed by atoms with van der Waals surface area (Å²) in [6.07, 6.45) is 8.07. The average Bonchev–Trinajstić information content (AvgIpc) is 3.12. The molecule has 0 aromatic heterocycles. The number of hydrogen-bond acceptors (Lipinski definition) is 0. The van der Waals surface area contributed by atoms with Gasteiger partial charge in [-0.05, 0) is 0 Å². The Labute approximate surface area is 148 Å². The van der Waals surface area contributed by atoms with Crippen LogP contribution < -0.4 is 0 Å². The zero-order valence-electron chi connectivity index (χ0n) is 13.4. The standard InChI is InChI=1S/C21H23.Hf/c1-15(16-6-3-2-4-7-16)14-19-13-12-18-11-10-17-8-5-9-20(17)21(18)19;/h2-4,6-7,10-11,15H,5,8-9,12-14H2,1H3;. The first-order valence-electron chi connectivity index (χ1n) is 8.61. The van der Waals surface area contributed by atoms with Gasteiger partial charge in [0.1, 0.15) is 0 Å². The molecule has 22 heavy (non-hydrogen) atoms. The fraction of sp³-hybridized carbons (Fsp3) is 0.429. The third-order valence-corrected chi connectivity index (χ3v) is 8.22. The first-order valence-corrected chi connectivity index (χ1v) is 10.4. The molecule has 0 N–H and O–H groups in total. The molecule has 2 aromatic carbocycles. The molecule has 2 atom stereocenters. The molecule has 0 nitrogen and oxygen atoms in total. The van der Waals surface area contributed by atoms with Gasteiger partial charge in [-0.2, -0.15) is 0 Å². The molecule has 0 heterocycles. The predicted octanol–water partition coefficient (Wildman–Crippen LogP) is 5.06. The number of fused-ring (bicyclic) bond motifs is 3. The molecular formula is C21H23Hf. The fourth-order valence-corrected chi connectivity index (χ4v) is 7.29. The van der Waals surface area contributed by atoms with E-state index in [9.17, 15) is 0 Å². The first kappa shape index (κ1) is 14.9. The van der Waals surface area contributed by atoms with Gasteiger partial charge in [-0.15, -0.1) is 0 Å². The van der Waals surface area contributed by atoms with Crippen LogP contribution in [0, 0.1) is 0 Å². The van der Waals surface area contributed by atoms with Crippen LogP contribution >= 0.6 is 0 Å². The fourth-order valence-electron chi connectivity index (χ4n) is 4.62. The summed E-state index contributed by atoms with van der Waals surface area (Å²) in [5, 5.41) is 0. The molecule has 0 radical (unpaired) electrons. The Kier molecular flexibility index (Phi) is 3.88. The van der Waals surface area contributed by atoms with Crippen LogP contribution in [0.2, 0.25) is 0 Å². The third-order valence-electron chi connectivity index (χ3n) is 5.69. The second-order valence-corrected chi connectivity index (χ2v) is 10.6. The van der Waals surface area contributed by atoms with E-state index in [-0.39, 0.29) is 0 Å². The molecule has 4 rings (SSSR count). The Bertz CT molecular complexity index is 689. The van der Waals surface area contributed by atoms with E-state index < -0.39 is 0 Å². The Morgan fingerprint density at radius 2 is 1.77 bits per heavy atom. The van der Waals surface area contributed by atoms with Crippen molar-refractivity contribution in [2.75, 3.05) is 0 Å². The zero-order valence-corrected chi connectivity index (χ0v) is 17.0. The molecule has 2 aliphatic rings. The molecule has 0 saturated heterocycles. The van der Waals surface area contributed by atoms with E-state index in [0.29, 0.717) is 9.09 Å². The molecule has 0 fully saturated rings. The van der Waals surface area contributed by atoms with Gasteiger partial charge in [0.2, 0.25) is 0 Å². The van der Waals surface area contributed by atoms with Gasteiger partial charge in [-0.3, -0.25) is 0 Å². The molecule has 0 bridgehead atoms. The molecule has 0 aliphatic heterocycles.